The van der Waals surface area contributed by atoms with E-state index in [-0.39, 0.29) is 12.5 Å². The number of anilines is 1. The third-order valence-corrected chi connectivity index (χ3v) is 2.00. The molecule has 2 N–H and O–H groups in total. The van der Waals surface area contributed by atoms with Crippen molar-refractivity contribution in [1.82, 2.24) is 0 Å². The van der Waals surface area contributed by atoms with Crippen LogP contribution < -0.4 is 5.32 Å². The second kappa shape index (κ2) is 6.58. The third kappa shape index (κ3) is 3.71. The smallest absolute Gasteiger partial charge is 0.248 e. The van der Waals surface area contributed by atoms with Gasteiger partial charge in [-0.05, 0) is 13.0 Å². The van der Waals surface area contributed by atoms with Crippen molar-refractivity contribution in [3.05, 3.63) is 54.1 Å². The summed E-state index contributed by atoms with van der Waals surface area (Å²) in [5.74, 6) is -0.209. The minimum atomic E-state index is -0.209. The molecule has 0 saturated carbocycles. The molecule has 3 nitrogen and oxygen atoms in total. The molecule has 0 aliphatic heterocycles. The minimum Gasteiger partial charge on any atom is -0.392 e. The lowest BCUT2D eigenvalue weighted by Crippen LogP contribution is -2.09. The Kier molecular flexibility index (Phi) is 5.02. The summed E-state index contributed by atoms with van der Waals surface area (Å²) in [5.41, 5.74) is 1.34. The average molecular weight is 217 g/mol. The van der Waals surface area contributed by atoms with Gasteiger partial charge in [0.2, 0.25) is 5.91 Å². The van der Waals surface area contributed by atoms with Gasteiger partial charge in [0.05, 0.1) is 6.61 Å². The van der Waals surface area contributed by atoms with E-state index in [1.165, 1.54) is 6.08 Å². The molecule has 0 fully saturated rings. The van der Waals surface area contributed by atoms with Crippen LogP contribution in [0.3, 0.4) is 0 Å². The van der Waals surface area contributed by atoms with Crippen LogP contribution in [0, 0.1) is 0 Å². The number of aliphatic hydroxyl groups is 1. The number of benzene rings is 1. The number of carbonyl (C=O) groups excluding carboxylic acids is 1. The lowest BCUT2D eigenvalue weighted by atomic mass is 10.2. The molecule has 0 aliphatic carbocycles. The van der Waals surface area contributed by atoms with Crippen molar-refractivity contribution in [2.45, 2.75) is 13.5 Å². The van der Waals surface area contributed by atoms with E-state index in [2.05, 4.69) is 5.32 Å². The fourth-order valence-electron chi connectivity index (χ4n) is 1.21. The summed E-state index contributed by atoms with van der Waals surface area (Å²) in [4.78, 5) is 11.4. The van der Waals surface area contributed by atoms with Gasteiger partial charge >= 0.3 is 0 Å². The molecule has 84 valence electrons. The second-order valence-corrected chi connectivity index (χ2v) is 3.19. The average Bonchev–Trinajstić information content (AvgIpc) is 2.30. The van der Waals surface area contributed by atoms with Gasteiger partial charge in [0.1, 0.15) is 0 Å². The van der Waals surface area contributed by atoms with Crippen LogP contribution in [0.25, 0.3) is 0 Å². The molecule has 3 heteroatoms. The van der Waals surface area contributed by atoms with Gasteiger partial charge in [0.25, 0.3) is 0 Å². The van der Waals surface area contributed by atoms with E-state index in [1.807, 2.05) is 25.1 Å². The summed E-state index contributed by atoms with van der Waals surface area (Å²) in [6.45, 7) is 1.79. The molecule has 0 spiro atoms. The quantitative estimate of drug-likeness (QED) is 0.600. The molecule has 0 saturated heterocycles. The maximum atomic E-state index is 11.4. The molecule has 1 aromatic carbocycles. The van der Waals surface area contributed by atoms with Crippen molar-refractivity contribution in [2.75, 3.05) is 5.32 Å². The maximum absolute atomic E-state index is 11.4. The number of amides is 1. The third-order valence-electron chi connectivity index (χ3n) is 2.00. The van der Waals surface area contributed by atoms with Crippen molar-refractivity contribution in [3.63, 3.8) is 0 Å². The van der Waals surface area contributed by atoms with Gasteiger partial charge < -0.3 is 10.4 Å². The van der Waals surface area contributed by atoms with Gasteiger partial charge in [-0.1, -0.05) is 36.4 Å². The van der Waals surface area contributed by atoms with E-state index in [0.717, 1.165) is 0 Å². The first kappa shape index (κ1) is 12.2. The zero-order chi connectivity index (χ0) is 11.8. The number of nitrogens with one attached hydrogen (secondary N) is 1. The van der Waals surface area contributed by atoms with Gasteiger partial charge in [-0.2, -0.15) is 0 Å². The van der Waals surface area contributed by atoms with Crippen molar-refractivity contribution in [1.29, 1.82) is 0 Å². The molecule has 0 aromatic heterocycles. The number of rotatable bonds is 4. The normalized spacial score (nSPS) is 11.1. The van der Waals surface area contributed by atoms with E-state index < -0.39 is 0 Å². The van der Waals surface area contributed by atoms with Gasteiger partial charge in [0.15, 0.2) is 0 Å². The molecule has 1 rings (SSSR count). The van der Waals surface area contributed by atoms with E-state index in [1.54, 1.807) is 24.3 Å². The first-order valence-electron chi connectivity index (χ1n) is 5.07. The number of allylic oxidation sites excluding steroid dienone is 3. The highest BCUT2D eigenvalue weighted by atomic mass is 16.3. The molecule has 0 atom stereocenters. The minimum absolute atomic E-state index is 0.0883. The van der Waals surface area contributed by atoms with Crippen molar-refractivity contribution in [2.24, 2.45) is 0 Å². The molecule has 0 unspecified atom stereocenters. The van der Waals surface area contributed by atoms with Gasteiger partial charge in [-0.3, -0.25) is 4.79 Å². The Balaban J connectivity index is 2.69. The largest absolute Gasteiger partial charge is 0.392 e. The van der Waals surface area contributed by atoms with Gasteiger partial charge in [-0.15, -0.1) is 0 Å². The molecule has 0 bridgehead atoms. The summed E-state index contributed by atoms with van der Waals surface area (Å²) in [5, 5.41) is 11.8. The summed E-state index contributed by atoms with van der Waals surface area (Å²) in [7, 11) is 0. The molecule has 1 amide bonds. The topological polar surface area (TPSA) is 49.3 Å². The molecule has 0 heterocycles. The summed E-state index contributed by atoms with van der Waals surface area (Å²) >= 11 is 0. The first-order chi connectivity index (χ1) is 7.77. The standard InChI is InChI=1S/C13H15NO2/c1-2-3-4-9-13(16)14-12-8-6-5-7-11(12)10-15/h2-9,15H,10H2,1H3,(H,14,16). The number of hydrogen-bond acceptors (Lipinski definition) is 2. The highest BCUT2D eigenvalue weighted by Crippen LogP contribution is 2.14. The van der Waals surface area contributed by atoms with Crippen molar-refractivity contribution < 1.29 is 9.90 Å². The molecular formula is C13H15NO2. The van der Waals surface area contributed by atoms with Crippen LogP contribution >= 0.6 is 0 Å². The molecule has 1 aromatic rings. The van der Waals surface area contributed by atoms with E-state index in [0.29, 0.717) is 11.3 Å². The first-order valence-corrected chi connectivity index (χ1v) is 5.07. The molecule has 0 aliphatic rings. The van der Waals surface area contributed by atoms with Crippen LogP contribution in [-0.2, 0) is 11.4 Å². The van der Waals surface area contributed by atoms with Gasteiger partial charge in [-0.25, -0.2) is 0 Å². The van der Waals surface area contributed by atoms with Crippen LogP contribution in [0.5, 0.6) is 0 Å². The van der Waals surface area contributed by atoms with Crippen molar-refractivity contribution in [3.8, 4) is 0 Å². The maximum Gasteiger partial charge on any atom is 0.248 e. The van der Waals surface area contributed by atoms with Crippen LogP contribution in [0.1, 0.15) is 12.5 Å². The Bertz CT molecular complexity index is 408. The summed E-state index contributed by atoms with van der Waals surface area (Å²) in [6.07, 6.45) is 6.72. The van der Waals surface area contributed by atoms with Crippen LogP contribution in [-0.4, -0.2) is 11.0 Å². The Hall–Kier alpha value is -1.87. The van der Waals surface area contributed by atoms with Crippen LogP contribution in [0.15, 0.2) is 48.6 Å². The highest BCUT2D eigenvalue weighted by molar-refractivity contribution is 5.99. The lowest BCUT2D eigenvalue weighted by Gasteiger charge is -2.06. The zero-order valence-electron chi connectivity index (χ0n) is 9.18. The van der Waals surface area contributed by atoms with Gasteiger partial charge in [0, 0.05) is 17.3 Å². The number of aliphatic hydroxyl groups excluding tert-OH is 1. The second-order valence-electron chi connectivity index (χ2n) is 3.19. The lowest BCUT2D eigenvalue weighted by molar-refractivity contribution is -0.111. The highest BCUT2D eigenvalue weighted by Gasteiger charge is 2.02. The van der Waals surface area contributed by atoms with E-state index in [4.69, 9.17) is 5.11 Å². The Morgan fingerprint density at radius 3 is 2.81 bits per heavy atom. The van der Waals surface area contributed by atoms with Crippen LogP contribution in [0.4, 0.5) is 5.69 Å². The fourth-order valence-corrected chi connectivity index (χ4v) is 1.21. The zero-order valence-corrected chi connectivity index (χ0v) is 9.18. The van der Waals surface area contributed by atoms with E-state index in [9.17, 15) is 4.79 Å². The fraction of sp³-hybridized carbons (Fsp3) is 0.154. The summed E-state index contributed by atoms with van der Waals surface area (Å²) < 4.78 is 0. The summed E-state index contributed by atoms with van der Waals surface area (Å²) in [6, 6.07) is 7.15. The number of para-hydroxylation sites is 1. The Morgan fingerprint density at radius 2 is 2.12 bits per heavy atom. The molecule has 0 radical (unpaired) electrons. The van der Waals surface area contributed by atoms with E-state index >= 15 is 0 Å². The van der Waals surface area contributed by atoms with Crippen molar-refractivity contribution >= 4 is 11.6 Å². The molecular weight excluding hydrogens is 202 g/mol. The number of carbonyl (C=O) groups is 1. The monoisotopic (exact) mass is 217 g/mol. The van der Waals surface area contributed by atoms with Crippen LogP contribution in [0.2, 0.25) is 0 Å². The molecule has 16 heavy (non-hydrogen) atoms. The predicted molar refractivity (Wildman–Crippen MR) is 64.9 cm³/mol. The Labute approximate surface area is 95.1 Å². The SMILES string of the molecule is CC=CC=CC(=O)Nc1ccccc1CO. The Morgan fingerprint density at radius 1 is 1.38 bits per heavy atom. The number of hydrogen-bond donors (Lipinski definition) is 2. The predicted octanol–water partition coefficient (Wildman–Crippen LogP) is 2.25.